The van der Waals surface area contributed by atoms with Gasteiger partial charge >= 0.3 is 0 Å². The van der Waals surface area contributed by atoms with Crippen LogP contribution in [0.2, 0.25) is 0 Å². The Labute approximate surface area is 130 Å². The lowest BCUT2D eigenvalue weighted by molar-refractivity contribution is 0.0986. The average molecular weight is 304 g/mol. The molecule has 3 N–H and O–H groups in total. The van der Waals surface area contributed by atoms with Crippen LogP contribution in [0.5, 0.6) is 5.75 Å². The molecule has 1 aromatic heterocycles. The third-order valence-corrected chi connectivity index (χ3v) is 5.12. The molecule has 1 amide bonds. The summed E-state index contributed by atoms with van der Waals surface area (Å²) in [5.74, 6) is -0.684. The van der Waals surface area contributed by atoms with E-state index in [1.807, 2.05) is 6.92 Å². The summed E-state index contributed by atoms with van der Waals surface area (Å²) >= 11 is 0. The van der Waals surface area contributed by atoms with Gasteiger partial charge in [-0.25, -0.2) is 0 Å². The number of aromatic nitrogens is 1. The highest BCUT2D eigenvalue weighted by atomic mass is 16.3. The first-order valence-corrected chi connectivity index (χ1v) is 8.27. The summed E-state index contributed by atoms with van der Waals surface area (Å²) in [6, 6.07) is 0.194. The normalized spacial score (nSPS) is 19.3. The first-order valence-electron chi connectivity index (χ1n) is 8.27. The second-order valence-corrected chi connectivity index (χ2v) is 6.76. The minimum absolute atomic E-state index is 0.0163. The maximum atomic E-state index is 12.5. The van der Waals surface area contributed by atoms with Crippen molar-refractivity contribution >= 4 is 5.91 Å². The van der Waals surface area contributed by atoms with E-state index in [4.69, 9.17) is 5.73 Å². The Kier molecular flexibility index (Phi) is 3.98. The van der Waals surface area contributed by atoms with Crippen molar-refractivity contribution in [1.29, 1.82) is 0 Å². The van der Waals surface area contributed by atoms with Crippen LogP contribution in [0.4, 0.5) is 0 Å². The Morgan fingerprint density at radius 3 is 2.41 bits per heavy atom. The van der Waals surface area contributed by atoms with Gasteiger partial charge in [0.05, 0.1) is 0 Å². The molecule has 0 spiro atoms. The van der Waals surface area contributed by atoms with Gasteiger partial charge in [0.2, 0.25) is 5.43 Å². The summed E-state index contributed by atoms with van der Waals surface area (Å²) in [5, 5.41) is 10.2. The molecule has 2 saturated carbocycles. The van der Waals surface area contributed by atoms with Crippen molar-refractivity contribution < 1.29 is 9.90 Å². The first-order chi connectivity index (χ1) is 10.5. The van der Waals surface area contributed by atoms with Gasteiger partial charge in [0.1, 0.15) is 0 Å². The largest absolute Gasteiger partial charge is 0.503 e. The van der Waals surface area contributed by atoms with Crippen LogP contribution in [-0.2, 0) is 6.42 Å². The predicted molar refractivity (Wildman–Crippen MR) is 84.2 cm³/mol. The second-order valence-electron chi connectivity index (χ2n) is 6.76. The van der Waals surface area contributed by atoms with Crippen LogP contribution in [0.25, 0.3) is 0 Å². The minimum atomic E-state index is -0.728. The van der Waals surface area contributed by atoms with E-state index in [0.29, 0.717) is 17.9 Å². The number of hydrogen-bond acceptors (Lipinski definition) is 3. The van der Waals surface area contributed by atoms with Gasteiger partial charge in [0.25, 0.3) is 5.91 Å². The van der Waals surface area contributed by atoms with Crippen LogP contribution in [0.1, 0.15) is 72.7 Å². The molecule has 5 nitrogen and oxygen atoms in total. The van der Waals surface area contributed by atoms with Gasteiger partial charge in [0.15, 0.2) is 11.4 Å². The SMILES string of the molecule is Cc1c(CC2CCCCC2)c(=O)c(O)c(C(N)=O)n1C1CC1. The summed E-state index contributed by atoms with van der Waals surface area (Å²) in [7, 11) is 0. The highest BCUT2D eigenvalue weighted by Crippen LogP contribution is 2.39. The number of nitrogens with two attached hydrogens (primary N) is 1. The topological polar surface area (TPSA) is 85.3 Å². The lowest BCUT2D eigenvalue weighted by atomic mass is 9.84. The molecule has 2 fully saturated rings. The molecule has 2 aliphatic carbocycles. The molecule has 5 heteroatoms. The molecule has 1 heterocycles. The fraction of sp³-hybridized carbons (Fsp3) is 0.647. The van der Waals surface area contributed by atoms with E-state index < -0.39 is 17.1 Å². The number of hydrogen-bond donors (Lipinski definition) is 2. The summed E-state index contributed by atoms with van der Waals surface area (Å²) in [6.45, 7) is 1.88. The van der Waals surface area contributed by atoms with Crippen molar-refractivity contribution in [1.82, 2.24) is 4.57 Å². The zero-order valence-corrected chi connectivity index (χ0v) is 13.1. The summed E-state index contributed by atoms with van der Waals surface area (Å²) in [4.78, 5) is 24.2. The van der Waals surface area contributed by atoms with E-state index in [0.717, 1.165) is 31.4 Å². The van der Waals surface area contributed by atoms with Crippen molar-refractivity contribution in [3.8, 4) is 5.75 Å². The number of aromatic hydroxyl groups is 1. The maximum Gasteiger partial charge on any atom is 0.269 e. The molecule has 1 aromatic rings. The Morgan fingerprint density at radius 1 is 1.23 bits per heavy atom. The number of primary amides is 1. The Balaban J connectivity index is 2.06. The molecule has 3 rings (SSSR count). The Bertz CT molecular complexity index is 653. The number of carbonyl (C=O) groups excluding carboxylic acids is 1. The molecule has 0 saturated heterocycles. The maximum absolute atomic E-state index is 12.5. The zero-order valence-electron chi connectivity index (χ0n) is 13.1. The molecule has 0 unspecified atom stereocenters. The molecule has 120 valence electrons. The van der Waals surface area contributed by atoms with E-state index in [-0.39, 0.29) is 11.7 Å². The van der Waals surface area contributed by atoms with Gasteiger partial charge in [-0.15, -0.1) is 0 Å². The van der Waals surface area contributed by atoms with Crippen molar-refractivity contribution in [3.05, 3.63) is 27.2 Å². The van der Waals surface area contributed by atoms with Gasteiger partial charge in [-0.1, -0.05) is 32.1 Å². The Hall–Kier alpha value is -1.78. The molecule has 2 aliphatic rings. The minimum Gasteiger partial charge on any atom is -0.503 e. The van der Waals surface area contributed by atoms with Crippen LogP contribution < -0.4 is 11.2 Å². The van der Waals surface area contributed by atoms with Gasteiger partial charge in [-0.2, -0.15) is 0 Å². The standard InChI is InChI=1S/C17H24N2O3/c1-10-13(9-11-5-3-2-4-6-11)15(20)16(21)14(17(18)22)19(10)12-7-8-12/h11-12,21H,2-9H2,1H3,(H2,18,22). The zero-order chi connectivity index (χ0) is 15.9. The quantitative estimate of drug-likeness (QED) is 0.895. The molecular formula is C17H24N2O3. The van der Waals surface area contributed by atoms with Crippen LogP contribution in [-0.4, -0.2) is 15.6 Å². The number of rotatable bonds is 4. The number of pyridine rings is 1. The lowest BCUT2D eigenvalue weighted by Gasteiger charge is -2.24. The average Bonchev–Trinajstić information content (AvgIpc) is 3.32. The van der Waals surface area contributed by atoms with Gasteiger partial charge in [-0.3, -0.25) is 9.59 Å². The number of nitrogens with zero attached hydrogens (tertiary/aromatic N) is 1. The second kappa shape index (κ2) is 5.78. The number of carbonyl (C=O) groups is 1. The van der Waals surface area contributed by atoms with Gasteiger partial charge in [-0.05, 0) is 32.1 Å². The predicted octanol–water partition coefficient (Wildman–Crippen LogP) is 2.42. The third-order valence-electron chi connectivity index (χ3n) is 5.12. The van der Waals surface area contributed by atoms with E-state index in [1.54, 1.807) is 4.57 Å². The van der Waals surface area contributed by atoms with Crippen LogP contribution >= 0.6 is 0 Å². The molecule has 0 aliphatic heterocycles. The third kappa shape index (κ3) is 2.64. The summed E-state index contributed by atoms with van der Waals surface area (Å²) in [5.41, 5.74) is 6.45. The fourth-order valence-corrected chi connectivity index (χ4v) is 3.79. The van der Waals surface area contributed by atoms with Crippen molar-refractivity contribution in [2.75, 3.05) is 0 Å². The van der Waals surface area contributed by atoms with E-state index in [2.05, 4.69) is 0 Å². The Morgan fingerprint density at radius 2 is 1.86 bits per heavy atom. The van der Waals surface area contributed by atoms with E-state index >= 15 is 0 Å². The number of amides is 1. The molecule has 0 aromatic carbocycles. The smallest absolute Gasteiger partial charge is 0.269 e. The molecule has 0 bridgehead atoms. The van der Waals surface area contributed by atoms with E-state index in [1.165, 1.54) is 19.3 Å². The molecule has 0 radical (unpaired) electrons. The van der Waals surface area contributed by atoms with Crippen LogP contribution in [0, 0.1) is 12.8 Å². The van der Waals surface area contributed by atoms with Crippen molar-refractivity contribution in [3.63, 3.8) is 0 Å². The molecule has 0 atom stereocenters. The molecular weight excluding hydrogens is 280 g/mol. The van der Waals surface area contributed by atoms with Crippen LogP contribution in [0.3, 0.4) is 0 Å². The first kappa shape index (κ1) is 15.1. The monoisotopic (exact) mass is 304 g/mol. The van der Waals surface area contributed by atoms with E-state index in [9.17, 15) is 14.7 Å². The summed E-state index contributed by atoms with van der Waals surface area (Å²) < 4.78 is 1.80. The van der Waals surface area contributed by atoms with Crippen LogP contribution in [0.15, 0.2) is 4.79 Å². The highest BCUT2D eigenvalue weighted by molar-refractivity contribution is 5.94. The fourth-order valence-electron chi connectivity index (χ4n) is 3.79. The lowest BCUT2D eigenvalue weighted by Crippen LogP contribution is -2.28. The van der Waals surface area contributed by atoms with Crippen molar-refractivity contribution in [2.45, 2.75) is 64.3 Å². The van der Waals surface area contributed by atoms with Crippen molar-refractivity contribution in [2.24, 2.45) is 11.7 Å². The summed E-state index contributed by atoms with van der Waals surface area (Å²) in [6.07, 6.45) is 8.61. The molecule has 22 heavy (non-hydrogen) atoms. The van der Waals surface area contributed by atoms with Gasteiger partial charge < -0.3 is 15.4 Å². The highest BCUT2D eigenvalue weighted by Gasteiger charge is 2.32. The van der Waals surface area contributed by atoms with Gasteiger partial charge in [0, 0.05) is 17.3 Å².